The number of hydrogen-bond acceptors (Lipinski definition) is 8. The van der Waals surface area contributed by atoms with Crippen molar-refractivity contribution in [3.8, 4) is 11.5 Å². The highest BCUT2D eigenvalue weighted by atomic mass is 32.1. The minimum absolute atomic E-state index is 0.352. The fraction of sp³-hybridized carbons (Fsp3) is 0.150. The quantitative estimate of drug-likeness (QED) is 0.270. The van der Waals surface area contributed by atoms with Crippen LogP contribution in [0.2, 0.25) is 0 Å². The van der Waals surface area contributed by atoms with E-state index in [1.165, 1.54) is 11.3 Å². The third kappa shape index (κ3) is 5.08. The maximum absolute atomic E-state index is 12.4. The van der Waals surface area contributed by atoms with Crippen LogP contribution in [0, 0.1) is 6.92 Å². The molecule has 0 bridgehead atoms. The van der Waals surface area contributed by atoms with E-state index in [9.17, 15) is 4.79 Å². The minimum atomic E-state index is -0.439. The number of nitrogen functional groups attached to an aromatic ring is 1. The molecular weight excluding hydrogens is 376 g/mol. The molecule has 0 fully saturated rings. The predicted octanol–water partition coefficient (Wildman–Crippen LogP) is 4.10. The monoisotopic (exact) mass is 396 g/mol. The van der Waals surface area contributed by atoms with Gasteiger partial charge in [0, 0.05) is 5.38 Å². The molecule has 0 aliphatic carbocycles. The van der Waals surface area contributed by atoms with Crippen molar-refractivity contribution in [2.24, 2.45) is 5.10 Å². The van der Waals surface area contributed by atoms with Crippen molar-refractivity contribution < 1.29 is 14.3 Å². The Bertz CT molecular complexity index is 983. The Hall–Kier alpha value is -3.39. The van der Waals surface area contributed by atoms with Gasteiger partial charge in [0.05, 0.1) is 18.4 Å². The first kappa shape index (κ1) is 19.4. The van der Waals surface area contributed by atoms with Gasteiger partial charge in [-0.1, -0.05) is 17.7 Å². The lowest BCUT2D eigenvalue weighted by Crippen LogP contribution is -2.09. The zero-order valence-electron chi connectivity index (χ0n) is 15.5. The van der Waals surface area contributed by atoms with Crippen LogP contribution in [0.1, 0.15) is 28.4 Å². The fourth-order valence-electron chi connectivity index (χ4n) is 2.31. The van der Waals surface area contributed by atoms with E-state index in [0.29, 0.717) is 34.6 Å². The van der Waals surface area contributed by atoms with Crippen molar-refractivity contribution in [2.75, 3.05) is 17.8 Å². The largest absolute Gasteiger partial charge is 0.490 e. The average Bonchev–Trinajstić information content (AvgIpc) is 3.09. The second-order valence-electron chi connectivity index (χ2n) is 5.84. The van der Waals surface area contributed by atoms with E-state index in [0.717, 1.165) is 11.1 Å². The molecule has 0 atom stereocenters. The lowest BCUT2D eigenvalue weighted by Gasteiger charge is -2.11. The Morgan fingerprint density at radius 2 is 2.04 bits per heavy atom. The number of thiazole rings is 1. The number of hydrogen-bond donors (Lipinski definition) is 2. The van der Waals surface area contributed by atoms with E-state index in [1.807, 2.05) is 26.0 Å². The highest BCUT2D eigenvalue weighted by molar-refractivity contribution is 7.14. The molecule has 7 nitrogen and oxygen atoms in total. The van der Waals surface area contributed by atoms with Crippen LogP contribution in [0.5, 0.6) is 11.5 Å². The number of rotatable bonds is 7. The van der Waals surface area contributed by atoms with Gasteiger partial charge in [-0.15, -0.1) is 11.3 Å². The molecule has 3 N–H and O–H groups in total. The Labute approximate surface area is 166 Å². The van der Waals surface area contributed by atoms with E-state index in [1.54, 1.807) is 41.9 Å². The third-order valence-corrected chi connectivity index (χ3v) is 4.42. The van der Waals surface area contributed by atoms with Crippen LogP contribution in [0.25, 0.3) is 0 Å². The van der Waals surface area contributed by atoms with Gasteiger partial charge in [-0.05, 0) is 49.7 Å². The number of anilines is 2. The summed E-state index contributed by atoms with van der Waals surface area (Å²) in [5.41, 5.74) is 10.7. The van der Waals surface area contributed by atoms with Gasteiger partial charge in [-0.25, -0.2) is 9.78 Å². The summed E-state index contributed by atoms with van der Waals surface area (Å²) in [7, 11) is 0. The molecule has 1 aromatic heterocycles. The molecule has 0 unspecified atom stereocenters. The molecule has 3 rings (SSSR count). The molecule has 0 saturated carbocycles. The Balaban J connectivity index is 1.72. The number of nitrogens with two attached hydrogens (primary N) is 1. The fourth-order valence-corrected chi connectivity index (χ4v) is 2.85. The number of esters is 1. The lowest BCUT2D eigenvalue weighted by atomic mass is 10.1. The number of hydrazone groups is 1. The molecule has 144 valence electrons. The standard InChI is InChI=1S/C20H20N4O3S/c1-3-26-17-10-14(11-22-24-20-23-18(21)12-28-20)6-9-16(17)27-19(25)15-7-4-13(2)5-8-15/h4-12H,3,21H2,1-2H3,(H,23,24). The van der Waals surface area contributed by atoms with E-state index in [2.05, 4.69) is 15.5 Å². The first-order valence-electron chi connectivity index (χ1n) is 8.61. The van der Waals surface area contributed by atoms with E-state index >= 15 is 0 Å². The molecule has 8 heteroatoms. The third-order valence-electron chi connectivity index (χ3n) is 3.65. The second-order valence-corrected chi connectivity index (χ2v) is 6.70. The maximum Gasteiger partial charge on any atom is 0.343 e. The Kier molecular flexibility index (Phi) is 6.23. The van der Waals surface area contributed by atoms with Gasteiger partial charge < -0.3 is 15.2 Å². The summed E-state index contributed by atoms with van der Waals surface area (Å²) in [5, 5.41) is 6.45. The van der Waals surface area contributed by atoms with Crippen molar-refractivity contribution in [3.05, 3.63) is 64.5 Å². The van der Waals surface area contributed by atoms with Gasteiger partial charge in [0.15, 0.2) is 11.5 Å². The molecule has 0 radical (unpaired) electrons. The molecule has 1 heterocycles. The van der Waals surface area contributed by atoms with Crippen LogP contribution in [0.4, 0.5) is 10.9 Å². The maximum atomic E-state index is 12.4. The first-order chi connectivity index (χ1) is 13.5. The van der Waals surface area contributed by atoms with Gasteiger partial charge in [-0.2, -0.15) is 5.10 Å². The number of nitrogens with one attached hydrogen (secondary N) is 1. The summed E-state index contributed by atoms with van der Waals surface area (Å²) in [5.74, 6) is 0.821. The van der Waals surface area contributed by atoms with Crippen LogP contribution in [-0.4, -0.2) is 23.8 Å². The van der Waals surface area contributed by atoms with Crippen molar-refractivity contribution in [2.45, 2.75) is 13.8 Å². The normalized spacial score (nSPS) is 10.8. The van der Waals surface area contributed by atoms with E-state index in [4.69, 9.17) is 15.2 Å². The van der Waals surface area contributed by atoms with Gasteiger partial charge in [0.25, 0.3) is 0 Å². The molecule has 0 spiro atoms. The highest BCUT2D eigenvalue weighted by Crippen LogP contribution is 2.29. The smallest absolute Gasteiger partial charge is 0.343 e. The van der Waals surface area contributed by atoms with Crippen LogP contribution in [-0.2, 0) is 0 Å². The van der Waals surface area contributed by atoms with Crippen molar-refractivity contribution in [3.63, 3.8) is 0 Å². The van der Waals surface area contributed by atoms with Crippen molar-refractivity contribution in [1.29, 1.82) is 0 Å². The highest BCUT2D eigenvalue weighted by Gasteiger charge is 2.13. The number of nitrogens with zero attached hydrogens (tertiary/aromatic N) is 2. The topological polar surface area (TPSA) is 98.8 Å². The summed E-state index contributed by atoms with van der Waals surface area (Å²) < 4.78 is 11.1. The van der Waals surface area contributed by atoms with Gasteiger partial charge in [-0.3, -0.25) is 5.43 Å². The van der Waals surface area contributed by atoms with Gasteiger partial charge in [0.1, 0.15) is 5.82 Å². The van der Waals surface area contributed by atoms with Crippen LogP contribution in [0.3, 0.4) is 0 Å². The molecule has 28 heavy (non-hydrogen) atoms. The number of ether oxygens (including phenoxy) is 2. The average molecular weight is 396 g/mol. The minimum Gasteiger partial charge on any atom is -0.490 e. The zero-order valence-corrected chi connectivity index (χ0v) is 16.3. The zero-order chi connectivity index (χ0) is 19.9. The van der Waals surface area contributed by atoms with Crippen LogP contribution in [0.15, 0.2) is 52.9 Å². The number of aryl methyl sites for hydroxylation is 1. The molecular formula is C20H20N4O3S. The van der Waals surface area contributed by atoms with Crippen LogP contribution < -0.4 is 20.6 Å². The molecule has 2 aromatic carbocycles. The van der Waals surface area contributed by atoms with E-state index in [-0.39, 0.29) is 0 Å². The van der Waals surface area contributed by atoms with E-state index < -0.39 is 5.97 Å². The van der Waals surface area contributed by atoms with Gasteiger partial charge >= 0.3 is 5.97 Å². The van der Waals surface area contributed by atoms with Crippen molar-refractivity contribution in [1.82, 2.24) is 4.98 Å². The summed E-state index contributed by atoms with van der Waals surface area (Å²) in [6.45, 7) is 4.26. The number of carbonyl (C=O) groups excluding carboxylic acids is 1. The van der Waals surface area contributed by atoms with Crippen LogP contribution >= 0.6 is 11.3 Å². The Morgan fingerprint density at radius 1 is 1.25 bits per heavy atom. The predicted molar refractivity (Wildman–Crippen MR) is 111 cm³/mol. The number of carbonyl (C=O) groups is 1. The molecule has 0 amide bonds. The number of aromatic nitrogens is 1. The second kappa shape index (κ2) is 9.01. The van der Waals surface area contributed by atoms with Crippen molar-refractivity contribution >= 4 is 34.5 Å². The van der Waals surface area contributed by atoms with Gasteiger partial charge in [0.2, 0.25) is 5.13 Å². The molecule has 3 aromatic rings. The SMILES string of the molecule is CCOc1cc(C=NNc2nc(N)cs2)ccc1OC(=O)c1ccc(C)cc1. The summed E-state index contributed by atoms with van der Waals surface area (Å²) in [6.07, 6.45) is 1.62. The number of benzene rings is 2. The molecule has 0 aliphatic heterocycles. The molecule has 0 saturated heterocycles. The lowest BCUT2D eigenvalue weighted by molar-refractivity contribution is 0.0728. The Morgan fingerprint density at radius 3 is 2.71 bits per heavy atom. The summed E-state index contributed by atoms with van der Waals surface area (Å²) >= 11 is 1.36. The summed E-state index contributed by atoms with van der Waals surface area (Å²) in [4.78, 5) is 16.4. The molecule has 0 aliphatic rings. The summed E-state index contributed by atoms with van der Waals surface area (Å²) in [6, 6.07) is 12.4. The first-order valence-corrected chi connectivity index (χ1v) is 9.49.